The lowest BCUT2D eigenvalue weighted by Gasteiger charge is -2.24. The molecule has 1 aliphatic rings. The topological polar surface area (TPSA) is 75.4 Å². The van der Waals surface area contributed by atoms with Crippen LogP contribution in [0.2, 0.25) is 0 Å². The average Bonchev–Trinajstić information content (AvgIpc) is 2.59. The molecule has 114 valence electrons. The van der Waals surface area contributed by atoms with Gasteiger partial charge in [-0.05, 0) is 11.6 Å². The predicted molar refractivity (Wildman–Crippen MR) is 87.9 cm³/mol. The van der Waals surface area contributed by atoms with Crippen LogP contribution in [0.15, 0.2) is 36.5 Å². The minimum Gasteiger partial charge on any atom is -0.504 e. The zero-order valence-corrected chi connectivity index (χ0v) is 12.7. The van der Waals surface area contributed by atoms with Gasteiger partial charge in [-0.25, -0.2) is 0 Å². The van der Waals surface area contributed by atoms with Gasteiger partial charge in [0.15, 0.2) is 11.5 Å². The van der Waals surface area contributed by atoms with Crippen LogP contribution in [-0.2, 0) is 0 Å². The number of nitrogens with one attached hydrogen (secondary N) is 1. The molecule has 1 heterocycles. The van der Waals surface area contributed by atoms with E-state index in [4.69, 9.17) is 14.9 Å². The Bertz CT molecular complexity index is 980. The molecule has 3 aromatic rings. The highest BCUT2D eigenvalue weighted by atomic mass is 16.5. The van der Waals surface area contributed by atoms with Crippen LogP contribution in [0.4, 0.5) is 0 Å². The molecule has 2 N–H and O–H groups in total. The lowest BCUT2D eigenvalue weighted by Crippen LogP contribution is -2.12. The predicted octanol–water partition coefficient (Wildman–Crippen LogP) is 3.35. The van der Waals surface area contributed by atoms with Crippen molar-refractivity contribution in [1.82, 2.24) is 4.98 Å². The molecule has 0 fully saturated rings. The van der Waals surface area contributed by atoms with Gasteiger partial charge in [0.1, 0.15) is 0 Å². The molecule has 1 aliphatic carbocycles. The summed E-state index contributed by atoms with van der Waals surface area (Å²) in [7, 11) is 3.02. The van der Waals surface area contributed by atoms with E-state index in [2.05, 4.69) is 4.98 Å². The van der Waals surface area contributed by atoms with Crippen LogP contribution in [-0.4, -0.2) is 30.0 Å². The average molecular weight is 306 g/mol. The number of aromatic nitrogens is 1. The highest BCUT2D eigenvalue weighted by Crippen LogP contribution is 2.53. The third-order valence-electron chi connectivity index (χ3n) is 4.21. The lowest BCUT2D eigenvalue weighted by atomic mass is 9.84. The molecule has 0 atom stereocenters. The van der Waals surface area contributed by atoms with E-state index >= 15 is 0 Å². The van der Waals surface area contributed by atoms with Gasteiger partial charge < -0.3 is 14.6 Å². The van der Waals surface area contributed by atoms with Crippen LogP contribution in [0, 0.1) is 5.41 Å². The monoisotopic (exact) mass is 306 g/mol. The van der Waals surface area contributed by atoms with Gasteiger partial charge in [0, 0.05) is 28.1 Å². The van der Waals surface area contributed by atoms with Crippen molar-refractivity contribution in [2.24, 2.45) is 0 Å². The van der Waals surface area contributed by atoms with Crippen molar-refractivity contribution in [3.63, 3.8) is 0 Å². The van der Waals surface area contributed by atoms with E-state index in [1.54, 1.807) is 6.20 Å². The summed E-state index contributed by atoms with van der Waals surface area (Å²) in [6.07, 6.45) is 1.64. The quantitative estimate of drug-likeness (QED) is 0.595. The Kier molecular flexibility index (Phi) is 2.78. The second-order valence-corrected chi connectivity index (χ2v) is 5.29. The molecule has 0 saturated heterocycles. The van der Waals surface area contributed by atoms with Gasteiger partial charge >= 0.3 is 0 Å². The zero-order chi connectivity index (χ0) is 16.1. The number of fused-ring (bicyclic) bond motifs is 2. The maximum Gasteiger partial charge on any atom is 0.204 e. The molecular formula is C18H14N2O3. The van der Waals surface area contributed by atoms with Crippen molar-refractivity contribution in [3.8, 4) is 28.4 Å². The summed E-state index contributed by atoms with van der Waals surface area (Å²) in [5.74, 6) is 0.737. The number of rotatable bonds is 2. The van der Waals surface area contributed by atoms with E-state index in [9.17, 15) is 5.11 Å². The number of phenols is 1. The zero-order valence-electron chi connectivity index (χ0n) is 12.7. The number of hydrogen-bond acceptors (Lipinski definition) is 5. The van der Waals surface area contributed by atoms with Gasteiger partial charge in [0.25, 0.3) is 0 Å². The van der Waals surface area contributed by atoms with Crippen molar-refractivity contribution in [2.75, 3.05) is 14.2 Å². The number of hydrogen-bond donors (Lipinski definition) is 2. The van der Waals surface area contributed by atoms with E-state index in [0.717, 1.165) is 16.5 Å². The Hall–Kier alpha value is -3.08. The van der Waals surface area contributed by atoms with E-state index in [-0.39, 0.29) is 11.5 Å². The SMILES string of the molecule is COc1c(O)c2c3c(nccc3c1OC)C(=N)c1ccccc1-2. The van der Waals surface area contributed by atoms with E-state index < -0.39 is 0 Å². The maximum absolute atomic E-state index is 10.8. The second-order valence-electron chi connectivity index (χ2n) is 5.29. The Balaban J connectivity index is 2.30. The van der Waals surface area contributed by atoms with Crippen LogP contribution in [0.1, 0.15) is 11.3 Å². The molecular weight excluding hydrogens is 292 g/mol. The molecule has 0 amide bonds. The number of pyridine rings is 1. The maximum atomic E-state index is 10.8. The van der Waals surface area contributed by atoms with Gasteiger partial charge in [-0.1, -0.05) is 24.3 Å². The molecule has 0 radical (unpaired) electrons. The molecule has 5 heteroatoms. The summed E-state index contributed by atoms with van der Waals surface area (Å²) >= 11 is 0. The van der Waals surface area contributed by atoms with E-state index in [1.165, 1.54) is 14.2 Å². The van der Waals surface area contributed by atoms with Crippen LogP contribution >= 0.6 is 0 Å². The van der Waals surface area contributed by atoms with E-state index in [1.807, 2.05) is 30.3 Å². The van der Waals surface area contributed by atoms with Crippen LogP contribution in [0.25, 0.3) is 21.9 Å². The first-order valence-corrected chi connectivity index (χ1v) is 7.13. The molecule has 1 aromatic heterocycles. The highest BCUT2D eigenvalue weighted by Gasteiger charge is 2.30. The minimum absolute atomic E-state index is 0.00560. The first kappa shape index (κ1) is 13.6. The summed E-state index contributed by atoms with van der Waals surface area (Å²) in [5, 5.41) is 20.7. The first-order chi connectivity index (χ1) is 11.2. The summed E-state index contributed by atoms with van der Waals surface area (Å²) in [5.41, 5.74) is 3.04. The van der Waals surface area contributed by atoms with Crippen LogP contribution in [0.5, 0.6) is 17.2 Å². The van der Waals surface area contributed by atoms with Crippen molar-refractivity contribution in [1.29, 1.82) is 5.41 Å². The largest absolute Gasteiger partial charge is 0.504 e. The summed E-state index contributed by atoms with van der Waals surface area (Å²) in [6, 6.07) is 9.31. The molecule has 0 spiro atoms. The third-order valence-corrected chi connectivity index (χ3v) is 4.21. The Morgan fingerprint density at radius 2 is 1.70 bits per heavy atom. The first-order valence-electron chi connectivity index (χ1n) is 7.13. The fourth-order valence-corrected chi connectivity index (χ4v) is 3.26. The fraction of sp³-hybridized carbons (Fsp3) is 0.111. The molecule has 0 bridgehead atoms. The number of nitrogens with zero attached hydrogens (tertiary/aromatic N) is 1. The lowest BCUT2D eigenvalue weighted by molar-refractivity contribution is 0.337. The Labute approximate surface area is 132 Å². The molecule has 2 aromatic carbocycles. The van der Waals surface area contributed by atoms with Gasteiger partial charge in [-0.3, -0.25) is 10.4 Å². The standard InChI is InChI=1S/C18H14N2O3/c1-22-17-11-7-8-20-15-12(11)13(16(21)18(17)23-2)9-5-3-4-6-10(9)14(15)19/h3-8,19,21H,1-2H3. The summed E-state index contributed by atoms with van der Waals surface area (Å²) in [6.45, 7) is 0. The van der Waals surface area contributed by atoms with Gasteiger partial charge in [-0.15, -0.1) is 0 Å². The van der Waals surface area contributed by atoms with Crippen molar-refractivity contribution in [2.45, 2.75) is 0 Å². The molecule has 0 aliphatic heterocycles. The van der Waals surface area contributed by atoms with Crippen LogP contribution < -0.4 is 9.47 Å². The number of phenolic OH excluding ortho intramolecular Hbond substituents is 1. The molecule has 4 rings (SSSR count). The molecule has 0 unspecified atom stereocenters. The van der Waals surface area contributed by atoms with Crippen molar-refractivity contribution >= 4 is 16.5 Å². The number of benzene rings is 2. The molecule has 5 nitrogen and oxygen atoms in total. The minimum atomic E-state index is 0.00560. The third kappa shape index (κ3) is 1.61. The second kappa shape index (κ2) is 4.71. The summed E-state index contributed by atoms with van der Waals surface area (Å²) in [4.78, 5) is 4.36. The fourth-order valence-electron chi connectivity index (χ4n) is 3.26. The van der Waals surface area contributed by atoms with Crippen molar-refractivity contribution in [3.05, 3.63) is 47.8 Å². The van der Waals surface area contributed by atoms with E-state index in [0.29, 0.717) is 28.1 Å². The van der Waals surface area contributed by atoms with Gasteiger partial charge in [0.05, 0.1) is 25.6 Å². The number of methoxy groups -OCH3 is 2. The Morgan fingerprint density at radius 3 is 2.39 bits per heavy atom. The smallest absolute Gasteiger partial charge is 0.204 e. The normalized spacial score (nSPS) is 12.2. The number of ether oxygens (including phenoxy) is 2. The highest BCUT2D eigenvalue weighted by molar-refractivity contribution is 6.27. The molecule has 0 saturated carbocycles. The number of aromatic hydroxyl groups is 1. The van der Waals surface area contributed by atoms with Crippen molar-refractivity contribution < 1.29 is 14.6 Å². The molecule has 23 heavy (non-hydrogen) atoms. The summed E-state index contributed by atoms with van der Waals surface area (Å²) < 4.78 is 10.8. The Morgan fingerprint density at radius 1 is 1.00 bits per heavy atom. The van der Waals surface area contributed by atoms with Gasteiger partial charge in [-0.2, -0.15) is 0 Å². The van der Waals surface area contributed by atoms with Gasteiger partial charge in [0.2, 0.25) is 5.75 Å². The van der Waals surface area contributed by atoms with Crippen LogP contribution in [0.3, 0.4) is 0 Å².